The van der Waals surface area contributed by atoms with Crippen LogP contribution in [0, 0.1) is 0 Å². The minimum atomic E-state index is -3.83. The lowest BCUT2D eigenvalue weighted by Gasteiger charge is -2.19. The van der Waals surface area contributed by atoms with Gasteiger partial charge < -0.3 is 4.74 Å². The molecule has 0 heterocycles. The number of ether oxygens (including phenoxy) is 1. The van der Waals surface area contributed by atoms with Gasteiger partial charge in [0.2, 0.25) is 15.9 Å². The number of carbonyl (C=O) groups is 2. The molecular formula is C13H17BrN2O5S. The highest BCUT2D eigenvalue weighted by Crippen LogP contribution is 2.19. The van der Waals surface area contributed by atoms with Crippen LogP contribution in [-0.4, -0.2) is 44.4 Å². The fourth-order valence-corrected chi connectivity index (χ4v) is 3.63. The van der Waals surface area contributed by atoms with Crippen LogP contribution in [-0.2, 0) is 19.6 Å². The first kappa shape index (κ1) is 18.6. The first-order chi connectivity index (χ1) is 10.3. The molecule has 0 aromatic heterocycles. The maximum absolute atomic E-state index is 12.5. The third-order valence-electron chi connectivity index (χ3n) is 2.62. The van der Waals surface area contributed by atoms with Gasteiger partial charge in [0.25, 0.3) is 0 Å². The van der Waals surface area contributed by atoms with E-state index >= 15 is 0 Å². The number of amides is 2. The number of benzene rings is 1. The lowest BCUT2D eigenvalue weighted by Crippen LogP contribution is -2.42. The molecule has 1 aromatic carbocycles. The fraction of sp³-hybridized carbons (Fsp3) is 0.385. The minimum absolute atomic E-state index is 0.0626. The molecule has 1 aromatic rings. The SMILES string of the molecule is CCOC(=O)NC(=O)CN(CC)S(=O)(=O)c1cccc(Br)c1. The predicted octanol–water partition coefficient (Wildman–Crippen LogP) is 1.73. The van der Waals surface area contributed by atoms with Crippen molar-refractivity contribution in [2.75, 3.05) is 19.7 Å². The van der Waals surface area contributed by atoms with E-state index in [1.807, 2.05) is 5.32 Å². The third kappa shape index (κ3) is 5.08. The van der Waals surface area contributed by atoms with Gasteiger partial charge in [-0.1, -0.05) is 28.9 Å². The van der Waals surface area contributed by atoms with E-state index in [0.717, 1.165) is 4.31 Å². The molecule has 9 heteroatoms. The van der Waals surface area contributed by atoms with Crippen LogP contribution in [0.4, 0.5) is 4.79 Å². The predicted molar refractivity (Wildman–Crippen MR) is 83.7 cm³/mol. The Morgan fingerprint density at radius 1 is 1.32 bits per heavy atom. The molecular weight excluding hydrogens is 376 g/mol. The molecule has 1 N–H and O–H groups in total. The monoisotopic (exact) mass is 392 g/mol. The van der Waals surface area contributed by atoms with E-state index in [2.05, 4.69) is 20.7 Å². The van der Waals surface area contributed by atoms with E-state index in [1.54, 1.807) is 26.0 Å². The van der Waals surface area contributed by atoms with Crippen LogP contribution in [0.15, 0.2) is 33.6 Å². The Labute approximate surface area is 137 Å². The van der Waals surface area contributed by atoms with Gasteiger partial charge in [-0.2, -0.15) is 4.31 Å². The van der Waals surface area contributed by atoms with E-state index in [9.17, 15) is 18.0 Å². The van der Waals surface area contributed by atoms with Crippen LogP contribution in [0.5, 0.6) is 0 Å². The normalized spacial score (nSPS) is 11.3. The van der Waals surface area contributed by atoms with Crippen LogP contribution >= 0.6 is 15.9 Å². The van der Waals surface area contributed by atoms with Gasteiger partial charge in [-0.25, -0.2) is 13.2 Å². The summed E-state index contributed by atoms with van der Waals surface area (Å²) >= 11 is 3.20. The maximum atomic E-state index is 12.5. The zero-order valence-corrected chi connectivity index (χ0v) is 14.6. The highest BCUT2D eigenvalue weighted by Gasteiger charge is 2.26. The Morgan fingerprint density at radius 3 is 2.55 bits per heavy atom. The van der Waals surface area contributed by atoms with Gasteiger partial charge in [-0.3, -0.25) is 10.1 Å². The highest BCUT2D eigenvalue weighted by atomic mass is 79.9. The summed E-state index contributed by atoms with van der Waals surface area (Å²) in [6, 6.07) is 6.17. The van der Waals surface area contributed by atoms with Crippen molar-refractivity contribution in [2.45, 2.75) is 18.7 Å². The zero-order valence-electron chi connectivity index (χ0n) is 12.2. The van der Waals surface area contributed by atoms with Crippen molar-refractivity contribution in [1.82, 2.24) is 9.62 Å². The van der Waals surface area contributed by atoms with Gasteiger partial charge in [0.05, 0.1) is 18.0 Å². The molecule has 0 saturated heterocycles. The zero-order chi connectivity index (χ0) is 16.8. The fourth-order valence-electron chi connectivity index (χ4n) is 1.62. The number of likely N-dealkylation sites (N-methyl/N-ethyl adjacent to an activating group) is 1. The molecule has 0 bridgehead atoms. The summed E-state index contributed by atoms with van der Waals surface area (Å²) in [5.41, 5.74) is 0. The van der Waals surface area contributed by atoms with Gasteiger partial charge in [-0.15, -0.1) is 0 Å². The second-order valence-corrected chi connectivity index (χ2v) is 7.01. The Hall–Kier alpha value is -1.45. The second kappa shape index (κ2) is 8.25. The van der Waals surface area contributed by atoms with E-state index in [-0.39, 0.29) is 18.0 Å². The molecule has 0 aliphatic rings. The third-order valence-corrected chi connectivity index (χ3v) is 5.03. The molecule has 0 aliphatic carbocycles. The van der Waals surface area contributed by atoms with Gasteiger partial charge in [0, 0.05) is 11.0 Å². The van der Waals surface area contributed by atoms with Crippen LogP contribution in [0.1, 0.15) is 13.8 Å². The average molecular weight is 393 g/mol. The number of carbonyl (C=O) groups excluding carboxylic acids is 2. The van der Waals surface area contributed by atoms with E-state index < -0.39 is 28.6 Å². The molecule has 2 amide bonds. The largest absolute Gasteiger partial charge is 0.450 e. The maximum Gasteiger partial charge on any atom is 0.413 e. The van der Waals surface area contributed by atoms with Crippen molar-refractivity contribution in [3.63, 3.8) is 0 Å². The molecule has 0 atom stereocenters. The summed E-state index contributed by atoms with van der Waals surface area (Å²) < 4.78 is 31.1. The Balaban J connectivity index is 2.87. The smallest absolute Gasteiger partial charge is 0.413 e. The van der Waals surface area contributed by atoms with E-state index in [0.29, 0.717) is 4.47 Å². The summed E-state index contributed by atoms with van der Waals surface area (Å²) in [7, 11) is -3.83. The van der Waals surface area contributed by atoms with Gasteiger partial charge >= 0.3 is 6.09 Å². The van der Waals surface area contributed by atoms with Crippen molar-refractivity contribution in [1.29, 1.82) is 0 Å². The molecule has 0 spiro atoms. The van der Waals surface area contributed by atoms with Gasteiger partial charge in [-0.05, 0) is 25.1 Å². The van der Waals surface area contributed by atoms with E-state index in [4.69, 9.17) is 0 Å². The molecule has 0 unspecified atom stereocenters. The van der Waals surface area contributed by atoms with Crippen LogP contribution in [0.2, 0.25) is 0 Å². The van der Waals surface area contributed by atoms with Gasteiger partial charge in [0.15, 0.2) is 0 Å². The second-order valence-electron chi connectivity index (χ2n) is 4.16. The van der Waals surface area contributed by atoms with Crippen LogP contribution < -0.4 is 5.32 Å². The molecule has 7 nitrogen and oxygen atoms in total. The Bertz CT molecular complexity index is 648. The summed E-state index contributed by atoms with van der Waals surface area (Å²) in [6.07, 6.45) is -0.900. The van der Waals surface area contributed by atoms with Crippen LogP contribution in [0.3, 0.4) is 0 Å². The number of hydrogen-bond donors (Lipinski definition) is 1. The molecule has 0 aliphatic heterocycles. The number of nitrogens with one attached hydrogen (secondary N) is 1. The lowest BCUT2D eigenvalue weighted by molar-refractivity contribution is -0.120. The average Bonchev–Trinajstić information content (AvgIpc) is 2.44. The number of alkyl carbamates (subject to hydrolysis) is 1. The number of sulfonamides is 1. The molecule has 1 rings (SSSR count). The molecule has 22 heavy (non-hydrogen) atoms. The minimum Gasteiger partial charge on any atom is -0.450 e. The van der Waals surface area contributed by atoms with Crippen molar-refractivity contribution >= 4 is 38.0 Å². The quantitative estimate of drug-likeness (QED) is 0.795. The Morgan fingerprint density at radius 2 is 2.00 bits per heavy atom. The highest BCUT2D eigenvalue weighted by molar-refractivity contribution is 9.10. The molecule has 122 valence electrons. The Kier molecular flexibility index (Phi) is 6.98. The van der Waals surface area contributed by atoms with Crippen LogP contribution in [0.25, 0.3) is 0 Å². The molecule has 0 fully saturated rings. The summed E-state index contributed by atoms with van der Waals surface area (Å²) in [4.78, 5) is 22.9. The summed E-state index contributed by atoms with van der Waals surface area (Å²) in [5, 5.41) is 1.97. The number of imide groups is 1. The first-order valence-corrected chi connectivity index (χ1v) is 8.76. The number of halogens is 1. The number of hydrogen-bond acceptors (Lipinski definition) is 5. The number of rotatable bonds is 6. The lowest BCUT2D eigenvalue weighted by atomic mass is 10.4. The standard InChI is InChI=1S/C13H17BrN2O5S/c1-3-16(9-12(17)15-13(18)21-4-2)22(19,20)11-7-5-6-10(14)8-11/h5-8H,3-4,9H2,1-2H3,(H,15,17,18). The summed E-state index contributed by atoms with van der Waals surface area (Å²) in [5.74, 6) is -0.751. The van der Waals surface area contributed by atoms with E-state index in [1.165, 1.54) is 12.1 Å². The first-order valence-electron chi connectivity index (χ1n) is 6.53. The summed E-state index contributed by atoms with van der Waals surface area (Å²) in [6.45, 7) is 2.94. The van der Waals surface area contributed by atoms with Crippen molar-refractivity contribution in [3.8, 4) is 0 Å². The van der Waals surface area contributed by atoms with Crippen molar-refractivity contribution in [3.05, 3.63) is 28.7 Å². The molecule has 0 radical (unpaired) electrons. The van der Waals surface area contributed by atoms with Crippen molar-refractivity contribution < 1.29 is 22.7 Å². The topological polar surface area (TPSA) is 92.8 Å². The molecule has 0 saturated carbocycles. The van der Waals surface area contributed by atoms with Gasteiger partial charge in [0.1, 0.15) is 0 Å². The van der Waals surface area contributed by atoms with Crippen molar-refractivity contribution in [2.24, 2.45) is 0 Å². The number of nitrogens with zero attached hydrogens (tertiary/aromatic N) is 1.